The standard InChI is InChI=1S/C12H23NO3/c1-6-8(2)7-9(14)13-10(11(15)16)12(3,4)5/h8,10H,6-7H2,1-5H3,(H,13,14)(H,15,16). The van der Waals surface area contributed by atoms with Crippen molar-refractivity contribution < 1.29 is 14.7 Å². The van der Waals surface area contributed by atoms with Crippen LogP contribution in [0.1, 0.15) is 47.5 Å². The first-order valence-electron chi connectivity index (χ1n) is 5.70. The lowest BCUT2D eigenvalue weighted by molar-refractivity contribution is -0.145. The molecule has 1 amide bonds. The second kappa shape index (κ2) is 5.87. The third-order valence-corrected chi connectivity index (χ3v) is 2.65. The van der Waals surface area contributed by atoms with E-state index in [-0.39, 0.29) is 11.8 Å². The fourth-order valence-electron chi connectivity index (χ4n) is 1.33. The first kappa shape index (κ1) is 14.9. The Morgan fingerprint density at radius 2 is 1.81 bits per heavy atom. The van der Waals surface area contributed by atoms with Gasteiger partial charge in [0.25, 0.3) is 0 Å². The third-order valence-electron chi connectivity index (χ3n) is 2.65. The molecule has 0 aromatic carbocycles. The van der Waals surface area contributed by atoms with Crippen molar-refractivity contribution in [1.82, 2.24) is 5.32 Å². The smallest absolute Gasteiger partial charge is 0.326 e. The molecule has 0 bridgehead atoms. The summed E-state index contributed by atoms with van der Waals surface area (Å²) in [5.74, 6) is -0.879. The van der Waals surface area contributed by atoms with Gasteiger partial charge >= 0.3 is 5.97 Å². The maximum atomic E-state index is 11.6. The van der Waals surface area contributed by atoms with Gasteiger partial charge < -0.3 is 10.4 Å². The highest BCUT2D eigenvalue weighted by atomic mass is 16.4. The Morgan fingerprint density at radius 1 is 1.31 bits per heavy atom. The van der Waals surface area contributed by atoms with Crippen molar-refractivity contribution in [2.45, 2.75) is 53.5 Å². The van der Waals surface area contributed by atoms with Crippen molar-refractivity contribution >= 4 is 11.9 Å². The SMILES string of the molecule is CCC(C)CC(=O)NC(C(=O)O)C(C)(C)C. The molecule has 2 atom stereocenters. The van der Waals surface area contributed by atoms with Crippen LogP contribution in [-0.4, -0.2) is 23.0 Å². The number of amides is 1. The van der Waals surface area contributed by atoms with Gasteiger partial charge in [0, 0.05) is 6.42 Å². The van der Waals surface area contributed by atoms with E-state index < -0.39 is 17.4 Å². The van der Waals surface area contributed by atoms with Gasteiger partial charge in [0.05, 0.1) is 0 Å². The van der Waals surface area contributed by atoms with Crippen LogP contribution in [0.4, 0.5) is 0 Å². The lowest BCUT2D eigenvalue weighted by Crippen LogP contribution is -2.49. The van der Waals surface area contributed by atoms with Crippen LogP contribution in [0.2, 0.25) is 0 Å². The molecule has 0 aromatic rings. The van der Waals surface area contributed by atoms with Crippen molar-refractivity contribution in [2.75, 3.05) is 0 Å². The number of carbonyl (C=O) groups excluding carboxylic acids is 1. The van der Waals surface area contributed by atoms with E-state index in [4.69, 9.17) is 5.11 Å². The summed E-state index contributed by atoms with van der Waals surface area (Å²) in [4.78, 5) is 22.6. The molecular formula is C12H23NO3. The van der Waals surface area contributed by atoms with Crippen LogP contribution in [-0.2, 0) is 9.59 Å². The Morgan fingerprint density at radius 3 is 2.12 bits per heavy atom. The van der Waals surface area contributed by atoms with Gasteiger partial charge in [0.1, 0.15) is 6.04 Å². The van der Waals surface area contributed by atoms with Crippen LogP contribution < -0.4 is 5.32 Å². The van der Waals surface area contributed by atoms with Crippen LogP contribution in [0.15, 0.2) is 0 Å². The minimum Gasteiger partial charge on any atom is -0.480 e. The highest BCUT2D eigenvalue weighted by molar-refractivity contribution is 5.84. The Labute approximate surface area is 97.4 Å². The summed E-state index contributed by atoms with van der Waals surface area (Å²) in [5, 5.41) is 11.6. The van der Waals surface area contributed by atoms with Gasteiger partial charge in [-0.25, -0.2) is 4.79 Å². The van der Waals surface area contributed by atoms with Gasteiger partial charge in [-0.3, -0.25) is 4.79 Å². The first-order valence-corrected chi connectivity index (χ1v) is 5.70. The predicted molar refractivity (Wildman–Crippen MR) is 63.1 cm³/mol. The number of nitrogens with one attached hydrogen (secondary N) is 1. The lowest BCUT2D eigenvalue weighted by atomic mass is 9.86. The maximum absolute atomic E-state index is 11.6. The van der Waals surface area contributed by atoms with E-state index in [1.54, 1.807) is 20.8 Å². The predicted octanol–water partition coefficient (Wildman–Crippen LogP) is 2.04. The van der Waals surface area contributed by atoms with Crippen LogP contribution in [0.5, 0.6) is 0 Å². The summed E-state index contributed by atoms with van der Waals surface area (Å²) in [5.41, 5.74) is -0.475. The monoisotopic (exact) mass is 229 g/mol. The number of carboxylic acid groups (broad SMARTS) is 1. The largest absolute Gasteiger partial charge is 0.480 e. The summed E-state index contributed by atoms with van der Waals surface area (Å²) in [6.07, 6.45) is 1.30. The third kappa shape index (κ3) is 5.14. The Bertz CT molecular complexity index is 255. The molecule has 4 heteroatoms. The number of hydrogen-bond donors (Lipinski definition) is 2. The maximum Gasteiger partial charge on any atom is 0.326 e. The molecule has 0 spiro atoms. The quantitative estimate of drug-likeness (QED) is 0.758. The zero-order valence-electron chi connectivity index (χ0n) is 10.8. The minimum atomic E-state index is -0.981. The fraction of sp³-hybridized carbons (Fsp3) is 0.833. The molecule has 0 aromatic heterocycles. The number of rotatable bonds is 5. The number of hydrogen-bond acceptors (Lipinski definition) is 2. The van der Waals surface area contributed by atoms with Crippen LogP contribution >= 0.6 is 0 Å². The summed E-state index contributed by atoms with van der Waals surface area (Å²) in [6, 6.07) is -0.830. The molecule has 0 aliphatic heterocycles. The van der Waals surface area contributed by atoms with E-state index in [0.717, 1.165) is 6.42 Å². The van der Waals surface area contributed by atoms with Crippen LogP contribution in [0.25, 0.3) is 0 Å². The second-order valence-electron chi connectivity index (χ2n) is 5.42. The molecule has 0 fully saturated rings. The van der Waals surface area contributed by atoms with E-state index in [1.807, 2.05) is 13.8 Å². The highest BCUT2D eigenvalue weighted by Gasteiger charge is 2.32. The Balaban J connectivity index is 4.43. The van der Waals surface area contributed by atoms with E-state index in [2.05, 4.69) is 5.32 Å². The zero-order valence-corrected chi connectivity index (χ0v) is 10.8. The molecule has 0 aliphatic rings. The fourth-order valence-corrected chi connectivity index (χ4v) is 1.33. The molecule has 0 radical (unpaired) electrons. The summed E-state index contributed by atoms with van der Waals surface area (Å²) >= 11 is 0. The highest BCUT2D eigenvalue weighted by Crippen LogP contribution is 2.20. The molecule has 16 heavy (non-hydrogen) atoms. The minimum absolute atomic E-state index is 0.184. The van der Waals surface area contributed by atoms with E-state index in [0.29, 0.717) is 6.42 Å². The van der Waals surface area contributed by atoms with Crippen molar-refractivity contribution in [3.8, 4) is 0 Å². The second-order valence-corrected chi connectivity index (χ2v) is 5.42. The van der Waals surface area contributed by atoms with Gasteiger partial charge in [-0.05, 0) is 11.3 Å². The molecule has 0 heterocycles. The Hall–Kier alpha value is -1.06. The lowest BCUT2D eigenvalue weighted by Gasteiger charge is -2.28. The van der Waals surface area contributed by atoms with Gasteiger partial charge in [-0.2, -0.15) is 0 Å². The van der Waals surface area contributed by atoms with Gasteiger partial charge in [-0.1, -0.05) is 41.0 Å². The van der Waals surface area contributed by atoms with Crippen molar-refractivity contribution in [1.29, 1.82) is 0 Å². The number of aliphatic carboxylic acids is 1. The molecular weight excluding hydrogens is 206 g/mol. The first-order chi connectivity index (χ1) is 7.18. The normalized spacial score (nSPS) is 15.3. The van der Waals surface area contributed by atoms with Crippen LogP contribution in [0.3, 0.4) is 0 Å². The number of carboxylic acids is 1. The number of carbonyl (C=O) groups is 2. The van der Waals surface area contributed by atoms with E-state index in [1.165, 1.54) is 0 Å². The molecule has 2 unspecified atom stereocenters. The van der Waals surface area contributed by atoms with Crippen molar-refractivity contribution in [2.24, 2.45) is 11.3 Å². The summed E-state index contributed by atoms with van der Waals surface area (Å²) < 4.78 is 0. The zero-order chi connectivity index (χ0) is 12.9. The molecule has 2 N–H and O–H groups in total. The molecule has 0 saturated carbocycles. The molecule has 94 valence electrons. The molecule has 4 nitrogen and oxygen atoms in total. The molecule has 0 rings (SSSR count). The molecule has 0 aliphatic carbocycles. The summed E-state index contributed by atoms with van der Waals surface area (Å²) in [6.45, 7) is 9.39. The van der Waals surface area contributed by atoms with Crippen molar-refractivity contribution in [3.05, 3.63) is 0 Å². The molecule has 0 saturated heterocycles. The van der Waals surface area contributed by atoms with Gasteiger partial charge in [0.15, 0.2) is 0 Å². The summed E-state index contributed by atoms with van der Waals surface area (Å²) in [7, 11) is 0. The topological polar surface area (TPSA) is 66.4 Å². The Kier molecular flexibility index (Phi) is 5.48. The van der Waals surface area contributed by atoms with E-state index in [9.17, 15) is 9.59 Å². The average Bonchev–Trinajstić information content (AvgIpc) is 2.11. The van der Waals surface area contributed by atoms with E-state index >= 15 is 0 Å². The van der Waals surface area contributed by atoms with Crippen molar-refractivity contribution in [3.63, 3.8) is 0 Å². The van der Waals surface area contributed by atoms with Crippen LogP contribution in [0, 0.1) is 11.3 Å². The van der Waals surface area contributed by atoms with Gasteiger partial charge in [-0.15, -0.1) is 0 Å². The van der Waals surface area contributed by atoms with Gasteiger partial charge in [0.2, 0.25) is 5.91 Å². The average molecular weight is 229 g/mol.